The lowest BCUT2D eigenvalue weighted by Crippen LogP contribution is -2.50. The molecular formula is C17H23NO2S. The van der Waals surface area contributed by atoms with Crippen LogP contribution >= 0.6 is 11.8 Å². The molecule has 21 heavy (non-hydrogen) atoms. The van der Waals surface area contributed by atoms with Crippen molar-refractivity contribution in [1.82, 2.24) is 4.90 Å². The van der Waals surface area contributed by atoms with Gasteiger partial charge in [0.05, 0.1) is 0 Å². The van der Waals surface area contributed by atoms with Gasteiger partial charge < -0.3 is 10.0 Å². The van der Waals surface area contributed by atoms with Gasteiger partial charge in [0.2, 0.25) is 0 Å². The highest BCUT2D eigenvalue weighted by atomic mass is 32.2. The molecule has 2 heterocycles. The molecule has 1 amide bonds. The van der Waals surface area contributed by atoms with Crippen LogP contribution in [0.25, 0.3) is 0 Å². The monoisotopic (exact) mass is 305 g/mol. The Morgan fingerprint density at radius 3 is 2.71 bits per heavy atom. The Hall–Kier alpha value is -1.00. The third-order valence-corrected chi connectivity index (χ3v) is 5.64. The van der Waals surface area contributed by atoms with Gasteiger partial charge in [-0.05, 0) is 48.7 Å². The van der Waals surface area contributed by atoms with Crippen LogP contribution < -0.4 is 0 Å². The van der Waals surface area contributed by atoms with E-state index in [0.29, 0.717) is 18.8 Å². The van der Waals surface area contributed by atoms with Gasteiger partial charge in [0.25, 0.3) is 5.91 Å². The van der Waals surface area contributed by atoms with E-state index in [1.807, 2.05) is 22.7 Å². The molecule has 0 aromatic heterocycles. The van der Waals surface area contributed by atoms with Crippen molar-refractivity contribution in [2.75, 3.05) is 24.6 Å². The van der Waals surface area contributed by atoms with E-state index in [0.717, 1.165) is 37.4 Å². The second-order valence-electron chi connectivity index (χ2n) is 6.24. The van der Waals surface area contributed by atoms with E-state index < -0.39 is 5.60 Å². The van der Waals surface area contributed by atoms with E-state index >= 15 is 0 Å². The van der Waals surface area contributed by atoms with Crippen LogP contribution in [-0.4, -0.2) is 46.1 Å². The van der Waals surface area contributed by atoms with Gasteiger partial charge >= 0.3 is 0 Å². The quantitative estimate of drug-likeness (QED) is 0.932. The maximum Gasteiger partial charge on any atom is 0.254 e. The number of benzene rings is 1. The van der Waals surface area contributed by atoms with E-state index in [4.69, 9.17) is 0 Å². The normalized spacial score (nSPS) is 25.0. The molecule has 2 fully saturated rings. The summed E-state index contributed by atoms with van der Waals surface area (Å²) in [6.45, 7) is 1.59. The number of carbonyl (C=O) groups is 1. The van der Waals surface area contributed by atoms with Crippen LogP contribution in [0.15, 0.2) is 30.3 Å². The number of thioether (sulfide) groups is 1. The van der Waals surface area contributed by atoms with Crippen molar-refractivity contribution in [3.05, 3.63) is 35.9 Å². The second kappa shape index (κ2) is 6.41. The van der Waals surface area contributed by atoms with Crippen LogP contribution in [0.2, 0.25) is 0 Å². The molecule has 2 aliphatic rings. The fraction of sp³-hybridized carbons (Fsp3) is 0.588. The Balaban J connectivity index is 1.58. The minimum Gasteiger partial charge on any atom is -0.380 e. The Morgan fingerprint density at radius 1 is 1.29 bits per heavy atom. The van der Waals surface area contributed by atoms with Crippen LogP contribution in [0.3, 0.4) is 0 Å². The molecule has 1 unspecified atom stereocenters. The van der Waals surface area contributed by atoms with Gasteiger partial charge in [-0.3, -0.25) is 4.79 Å². The summed E-state index contributed by atoms with van der Waals surface area (Å²) in [5.41, 5.74) is 0.247. The van der Waals surface area contributed by atoms with Crippen LogP contribution in [0, 0.1) is 5.92 Å². The fourth-order valence-electron chi connectivity index (χ4n) is 3.35. The van der Waals surface area contributed by atoms with Gasteiger partial charge in [0.15, 0.2) is 0 Å². The molecule has 114 valence electrons. The molecule has 4 heteroatoms. The lowest BCUT2D eigenvalue weighted by Gasteiger charge is -2.34. The highest BCUT2D eigenvalue weighted by Crippen LogP contribution is 2.31. The molecule has 0 saturated carbocycles. The van der Waals surface area contributed by atoms with Gasteiger partial charge in [-0.25, -0.2) is 0 Å². The Kier molecular flexibility index (Phi) is 4.55. The van der Waals surface area contributed by atoms with E-state index in [2.05, 4.69) is 24.3 Å². The molecule has 1 N–H and O–H groups in total. The summed E-state index contributed by atoms with van der Waals surface area (Å²) < 4.78 is 0. The summed E-state index contributed by atoms with van der Waals surface area (Å²) in [4.78, 5) is 14.5. The number of likely N-dealkylation sites (tertiary alicyclic amines) is 1. The van der Waals surface area contributed by atoms with E-state index in [1.165, 1.54) is 5.56 Å². The fourth-order valence-corrected chi connectivity index (χ4v) is 4.52. The lowest BCUT2D eigenvalue weighted by molar-refractivity contribution is -0.151. The molecular weight excluding hydrogens is 282 g/mol. The number of rotatable bonds is 3. The van der Waals surface area contributed by atoms with Gasteiger partial charge in [-0.15, -0.1) is 0 Å². The summed E-state index contributed by atoms with van der Waals surface area (Å²) in [5, 5.41) is 10.6. The molecule has 0 radical (unpaired) electrons. The summed E-state index contributed by atoms with van der Waals surface area (Å²) in [6, 6.07) is 10.5. The van der Waals surface area contributed by atoms with Crippen LogP contribution in [0.1, 0.15) is 24.8 Å². The highest BCUT2D eigenvalue weighted by Gasteiger charge is 2.42. The minimum atomic E-state index is -1.09. The largest absolute Gasteiger partial charge is 0.380 e. The zero-order valence-corrected chi connectivity index (χ0v) is 13.1. The molecule has 3 nitrogen and oxygen atoms in total. The SMILES string of the molecule is O=C(N1CCC(Cc2ccccc2)C1)C1(O)CCSCC1. The number of carbonyl (C=O) groups excluding carboxylic acids is 1. The molecule has 1 aromatic carbocycles. The average Bonchev–Trinajstić information content (AvgIpc) is 2.96. The van der Waals surface area contributed by atoms with Crippen molar-refractivity contribution in [3.63, 3.8) is 0 Å². The van der Waals surface area contributed by atoms with Gasteiger partial charge in [-0.1, -0.05) is 30.3 Å². The average molecular weight is 305 g/mol. The maximum absolute atomic E-state index is 12.6. The third kappa shape index (κ3) is 3.43. The number of hydrogen-bond donors (Lipinski definition) is 1. The van der Waals surface area contributed by atoms with E-state index in [9.17, 15) is 9.90 Å². The molecule has 0 spiro atoms. The first-order valence-electron chi connectivity index (χ1n) is 7.81. The molecule has 0 bridgehead atoms. The molecule has 2 aliphatic heterocycles. The second-order valence-corrected chi connectivity index (χ2v) is 7.46. The maximum atomic E-state index is 12.6. The Labute approximate surface area is 130 Å². The van der Waals surface area contributed by atoms with Crippen LogP contribution in [0.5, 0.6) is 0 Å². The molecule has 0 aliphatic carbocycles. The van der Waals surface area contributed by atoms with Crippen molar-refractivity contribution in [3.8, 4) is 0 Å². The van der Waals surface area contributed by atoms with Crippen molar-refractivity contribution in [2.45, 2.75) is 31.3 Å². The minimum absolute atomic E-state index is 0.0293. The lowest BCUT2D eigenvalue weighted by atomic mass is 9.95. The number of aliphatic hydroxyl groups is 1. The first-order valence-corrected chi connectivity index (χ1v) is 8.96. The topological polar surface area (TPSA) is 40.5 Å². The van der Waals surface area contributed by atoms with Crippen molar-refractivity contribution < 1.29 is 9.90 Å². The van der Waals surface area contributed by atoms with Crippen LogP contribution in [-0.2, 0) is 11.2 Å². The van der Waals surface area contributed by atoms with Gasteiger partial charge in [-0.2, -0.15) is 11.8 Å². The summed E-state index contributed by atoms with van der Waals surface area (Å²) in [7, 11) is 0. The first kappa shape index (κ1) is 14.9. The van der Waals surface area contributed by atoms with E-state index in [-0.39, 0.29) is 5.91 Å². The van der Waals surface area contributed by atoms with Crippen LogP contribution in [0.4, 0.5) is 0 Å². The number of hydrogen-bond acceptors (Lipinski definition) is 3. The predicted octanol–water partition coefficient (Wildman–Crippen LogP) is 2.34. The predicted molar refractivity (Wildman–Crippen MR) is 86.3 cm³/mol. The molecule has 1 aromatic rings. The highest BCUT2D eigenvalue weighted by molar-refractivity contribution is 7.99. The van der Waals surface area contributed by atoms with Gasteiger partial charge in [0.1, 0.15) is 5.60 Å². The van der Waals surface area contributed by atoms with E-state index in [1.54, 1.807) is 0 Å². The summed E-state index contributed by atoms with van der Waals surface area (Å²) in [5.74, 6) is 2.28. The Morgan fingerprint density at radius 2 is 2.00 bits per heavy atom. The first-order chi connectivity index (χ1) is 10.2. The van der Waals surface area contributed by atoms with Gasteiger partial charge in [0, 0.05) is 13.1 Å². The standard InChI is InChI=1S/C17H23NO2S/c19-16(17(20)7-10-21-11-8-17)18-9-6-15(13-18)12-14-4-2-1-3-5-14/h1-5,15,20H,6-13H2. The summed E-state index contributed by atoms with van der Waals surface area (Å²) >= 11 is 1.83. The third-order valence-electron chi connectivity index (χ3n) is 4.66. The van der Waals surface area contributed by atoms with Crippen molar-refractivity contribution in [1.29, 1.82) is 0 Å². The van der Waals surface area contributed by atoms with Crippen molar-refractivity contribution >= 4 is 17.7 Å². The number of nitrogens with zero attached hydrogens (tertiary/aromatic N) is 1. The molecule has 3 rings (SSSR count). The van der Waals surface area contributed by atoms with Crippen molar-refractivity contribution in [2.24, 2.45) is 5.92 Å². The molecule has 1 atom stereocenters. The summed E-state index contributed by atoms with van der Waals surface area (Å²) in [6.07, 6.45) is 3.29. The Bertz CT molecular complexity index is 485. The molecule has 2 saturated heterocycles. The zero-order chi connectivity index (χ0) is 14.7. The number of amides is 1. The smallest absolute Gasteiger partial charge is 0.254 e. The zero-order valence-electron chi connectivity index (χ0n) is 12.3.